The van der Waals surface area contributed by atoms with Gasteiger partial charge in [0.15, 0.2) is 0 Å². The molecular weight excluding hydrogens is 286 g/mol. The van der Waals surface area contributed by atoms with Crippen LogP contribution in [-0.4, -0.2) is 24.2 Å². The van der Waals surface area contributed by atoms with Crippen LogP contribution in [0.15, 0.2) is 22.7 Å². The maximum atomic E-state index is 11.1. The van der Waals surface area contributed by atoms with Gasteiger partial charge in [-0.1, -0.05) is 29.8 Å². The summed E-state index contributed by atoms with van der Waals surface area (Å²) < 4.78 is 6.05. The average molecular weight is 302 g/mol. The SMILES string of the molecule is COc1ccc(Br)cc1NC(C(=O)O)C(C)C. The molecule has 0 aliphatic rings. The lowest BCUT2D eigenvalue weighted by atomic mass is 10.0. The molecule has 0 bridgehead atoms. The van der Waals surface area contributed by atoms with Gasteiger partial charge < -0.3 is 15.2 Å². The fourth-order valence-electron chi connectivity index (χ4n) is 1.47. The molecule has 0 heterocycles. The lowest BCUT2D eigenvalue weighted by Crippen LogP contribution is -2.34. The molecule has 0 aliphatic heterocycles. The topological polar surface area (TPSA) is 58.6 Å². The molecule has 1 aromatic rings. The van der Waals surface area contributed by atoms with Crippen molar-refractivity contribution in [3.05, 3.63) is 22.7 Å². The minimum atomic E-state index is -0.873. The molecule has 0 spiro atoms. The second-order valence-electron chi connectivity index (χ2n) is 4.05. The third-order valence-electron chi connectivity index (χ3n) is 2.41. The quantitative estimate of drug-likeness (QED) is 0.878. The first-order valence-electron chi connectivity index (χ1n) is 5.28. The molecule has 1 rings (SSSR count). The van der Waals surface area contributed by atoms with Crippen LogP contribution in [0, 0.1) is 5.92 Å². The highest BCUT2D eigenvalue weighted by Crippen LogP contribution is 2.29. The Morgan fingerprint density at radius 3 is 2.59 bits per heavy atom. The first-order valence-corrected chi connectivity index (χ1v) is 6.08. The normalized spacial score (nSPS) is 12.3. The van der Waals surface area contributed by atoms with E-state index in [-0.39, 0.29) is 5.92 Å². The highest BCUT2D eigenvalue weighted by atomic mass is 79.9. The third kappa shape index (κ3) is 3.63. The Balaban J connectivity index is 2.99. The van der Waals surface area contributed by atoms with Gasteiger partial charge in [-0.25, -0.2) is 4.79 Å². The highest BCUT2D eigenvalue weighted by Gasteiger charge is 2.22. The van der Waals surface area contributed by atoms with Crippen LogP contribution < -0.4 is 10.1 Å². The van der Waals surface area contributed by atoms with Crippen LogP contribution in [0.3, 0.4) is 0 Å². The zero-order valence-corrected chi connectivity index (χ0v) is 11.6. The van der Waals surface area contributed by atoms with Crippen LogP contribution in [0.25, 0.3) is 0 Å². The minimum absolute atomic E-state index is 0.0174. The number of halogens is 1. The number of methoxy groups -OCH3 is 1. The summed E-state index contributed by atoms with van der Waals surface area (Å²) in [6.45, 7) is 3.71. The maximum Gasteiger partial charge on any atom is 0.326 e. The molecule has 1 atom stereocenters. The van der Waals surface area contributed by atoms with Crippen LogP contribution >= 0.6 is 15.9 Å². The fourth-order valence-corrected chi connectivity index (χ4v) is 1.84. The largest absolute Gasteiger partial charge is 0.495 e. The zero-order chi connectivity index (χ0) is 13.0. The first-order chi connectivity index (χ1) is 7.95. The molecule has 1 aromatic carbocycles. The molecule has 0 saturated carbocycles. The number of carbonyl (C=O) groups is 1. The van der Waals surface area contributed by atoms with Crippen LogP contribution in [0.5, 0.6) is 5.75 Å². The Labute approximate surface area is 109 Å². The maximum absolute atomic E-state index is 11.1. The number of aliphatic carboxylic acids is 1. The van der Waals surface area contributed by atoms with Gasteiger partial charge in [0.2, 0.25) is 0 Å². The van der Waals surface area contributed by atoms with Crippen LogP contribution in [0.4, 0.5) is 5.69 Å². The van der Waals surface area contributed by atoms with Crippen molar-refractivity contribution in [1.82, 2.24) is 0 Å². The molecule has 0 aromatic heterocycles. The van der Waals surface area contributed by atoms with Crippen molar-refractivity contribution in [2.45, 2.75) is 19.9 Å². The van der Waals surface area contributed by atoms with Crippen molar-refractivity contribution >= 4 is 27.6 Å². The molecule has 1 unspecified atom stereocenters. The number of anilines is 1. The van der Waals surface area contributed by atoms with Crippen molar-refractivity contribution in [2.24, 2.45) is 5.92 Å². The second kappa shape index (κ2) is 5.91. The molecule has 0 fully saturated rings. The van der Waals surface area contributed by atoms with E-state index in [1.165, 1.54) is 0 Å². The van der Waals surface area contributed by atoms with E-state index in [4.69, 9.17) is 9.84 Å². The summed E-state index contributed by atoms with van der Waals surface area (Å²) in [6.07, 6.45) is 0. The van der Waals surface area contributed by atoms with Crippen LogP contribution in [-0.2, 0) is 4.79 Å². The van der Waals surface area contributed by atoms with E-state index in [1.54, 1.807) is 19.2 Å². The molecule has 2 N–H and O–H groups in total. The van der Waals surface area contributed by atoms with Gasteiger partial charge in [-0.2, -0.15) is 0 Å². The van der Waals surface area contributed by atoms with Gasteiger partial charge in [-0.3, -0.25) is 0 Å². The number of benzene rings is 1. The Morgan fingerprint density at radius 1 is 1.47 bits per heavy atom. The minimum Gasteiger partial charge on any atom is -0.495 e. The predicted molar refractivity (Wildman–Crippen MR) is 70.6 cm³/mol. The summed E-state index contributed by atoms with van der Waals surface area (Å²) >= 11 is 3.35. The van der Waals surface area contributed by atoms with Crippen molar-refractivity contribution in [2.75, 3.05) is 12.4 Å². The molecule has 94 valence electrons. The standard InChI is InChI=1S/C12H16BrNO3/c1-7(2)11(12(15)16)14-9-6-8(13)4-5-10(9)17-3/h4-7,11,14H,1-3H3,(H,15,16). The Hall–Kier alpha value is -1.23. The number of nitrogens with one attached hydrogen (secondary N) is 1. The molecule has 17 heavy (non-hydrogen) atoms. The fraction of sp³-hybridized carbons (Fsp3) is 0.417. The summed E-state index contributed by atoms with van der Waals surface area (Å²) in [5.74, 6) is -0.265. The van der Waals surface area contributed by atoms with Gasteiger partial charge in [-0.15, -0.1) is 0 Å². The molecule has 5 heteroatoms. The van der Waals surface area contributed by atoms with E-state index >= 15 is 0 Å². The first kappa shape index (κ1) is 13.8. The van der Waals surface area contributed by atoms with Gasteiger partial charge in [0.1, 0.15) is 11.8 Å². The number of rotatable bonds is 5. The number of hydrogen-bond acceptors (Lipinski definition) is 3. The van der Waals surface area contributed by atoms with E-state index in [0.717, 1.165) is 4.47 Å². The molecular formula is C12H16BrNO3. The molecule has 0 radical (unpaired) electrons. The van der Waals surface area contributed by atoms with Gasteiger partial charge in [-0.05, 0) is 24.1 Å². The van der Waals surface area contributed by atoms with E-state index in [2.05, 4.69) is 21.2 Å². The Bertz CT molecular complexity index is 407. The summed E-state index contributed by atoms with van der Waals surface area (Å²) in [7, 11) is 1.56. The number of hydrogen-bond donors (Lipinski definition) is 2. The van der Waals surface area contributed by atoms with E-state index in [1.807, 2.05) is 19.9 Å². The monoisotopic (exact) mass is 301 g/mol. The summed E-state index contributed by atoms with van der Waals surface area (Å²) in [5.41, 5.74) is 0.669. The number of carboxylic acids is 1. The Kier molecular flexibility index (Phi) is 4.81. The number of ether oxygens (including phenoxy) is 1. The lowest BCUT2D eigenvalue weighted by Gasteiger charge is -2.20. The summed E-state index contributed by atoms with van der Waals surface area (Å²) in [6, 6.07) is 4.79. The lowest BCUT2D eigenvalue weighted by molar-refractivity contribution is -0.138. The smallest absolute Gasteiger partial charge is 0.326 e. The van der Waals surface area contributed by atoms with E-state index < -0.39 is 12.0 Å². The molecule has 0 aliphatic carbocycles. The third-order valence-corrected chi connectivity index (χ3v) is 2.90. The number of carboxylic acid groups (broad SMARTS) is 1. The second-order valence-corrected chi connectivity index (χ2v) is 4.96. The van der Waals surface area contributed by atoms with Crippen molar-refractivity contribution < 1.29 is 14.6 Å². The van der Waals surface area contributed by atoms with Gasteiger partial charge in [0.25, 0.3) is 0 Å². The van der Waals surface area contributed by atoms with Gasteiger partial charge in [0, 0.05) is 4.47 Å². The Morgan fingerprint density at radius 2 is 2.12 bits per heavy atom. The molecule has 4 nitrogen and oxygen atoms in total. The van der Waals surface area contributed by atoms with Crippen LogP contribution in [0.1, 0.15) is 13.8 Å². The van der Waals surface area contributed by atoms with Crippen molar-refractivity contribution in [1.29, 1.82) is 0 Å². The summed E-state index contributed by atoms with van der Waals surface area (Å²) in [5, 5.41) is 12.1. The zero-order valence-electron chi connectivity index (χ0n) is 10.0. The van der Waals surface area contributed by atoms with Crippen molar-refractivity contribution in [3.8, 4) is 5.75 Å². The molecule has 0 saturated heterocycles. The van der Waals surface area contributed by atoms with Crippen molar-refractivity contribution in [3.63, 3.8) is 0 Å². The average Bonchev–Trinajstić information content (AvgIpc) is 2.25. The van der Waals surface area contributed by atoms with Gasteiger partial charge >= 0.3 is 5.97 Å². The van der Waals surface area contributed by atoms with Gasteiger partial charge in [0.05, 0.1) is 12.8 Å². The summed E-state index contributed by atoms with van der Waals surface area (Å²) in [4.78, 5) is 11.1. The predicted octanol–water partition coefficient (Wildman–Crippen LogP) is 2.98. The molecule has 0 amide bonds. The van der Waals surface area contributed by atoms with Crippen LogP contribution in [0.2, 0.25) is 0 Å². The highest BCUT2D eigenvalue weighted by molar-refractivity contribution is 9.10. The van der Waals surface area contributed by atoms with E-state index in [9.17, 15) is 4.79 Å². The van der Waals surface area contributed by atoms with E-state index in [0.29, 0.717) is 11.4 Å².